The lowest BCUT2D eigenvalue weighted by molar-refractivity contribution is 0.0686. The van der Waals surface area contributed by atoms with Crippen molar-refractivity contribution in [1.82, 2.24) is 20.2 Å². The molecule has 2 rings (SSSR count). The molecule has 0 aliphatic carbocycles. The van der Waals surface area contributed by atoms with Gasteiger partial charge in [0.05, 0.1) is 6.33 Å². The second kappa shape index (κ2) is 4.70. The Kier molecular flexibility index (Phi) is 3.09. The van der Waals surface area contributed by atoms with Crippen molar-refractivity contribution in [3.8, 4) is 0 Å². The molecule has 2 aromatic heterocycles. The molecule has 2 heterocycles. The summed E-state index contributed by atoms with van der Waals surface area (Å²) in [5.74, 6) is -1.53. The number of aromatic nitrogens is 4. The van der Waals surface area contributed by atoms with E-state index < -0.39 is 11.9 Å². The molecule has 18 heavy (non-hydrogen) atoms. The fourth-order valence-electron chi connectivity index (χ4n) is 1.41. The first-order valence-electron chi connectivity index (χ1n) is 5.24. The topological polar surface area (TPSA) is 124 Å². The van der Waals surface area contributed by atoms with Crippen molar-refractivity contribution in [3.05, 3.63) is 29.5 Å². The van der Waals surface area contributed by atoms with Crippen molar-refractivity contribution in [1.29, 1.82) is 0 Å². The van der Waals surface area contributed by atoms with Gasteiger partial charge < -0.3 is 15.4 Å². The highest BCUT2D eigenvalue weighted by Gasteiger charge is 2.20. The molecule has 0 fully saturated rings. The Morgan fingerprint density at radius 2 is 2.28 bits per heavy atom. The molecular weight excluding hydrogens is 238 g/mol. The van der Waals surface area contributed by atoms with Gasteiger partial charge >= 0.3 is 5.97 Å². The summed E-state index contributed by atoms with van der Waals surface area (Å²) >= 11 is 0. The summed E-state index contributed by atoms with van der Waals surface area (Å²) in [5, 5.41) is 17.9. The third-order valence-corrected chi connectivity index (χ3v) is 2.32. The molecule has 0 aliphatic heterocycles. The number of imidazole rings is 1. The molecule has 94 valence electrons. The Balaban J connectivity index is 2.16. The molecule has 0 aliphatic rings. The number of H-pyrrole nitrogens is 2. The molecule has 2 aromatic rings. The summed E-state index contributed by atoms with van der Waals surface area (Å²) in [4.78, 5) is 28.7. The number of hydrogen-bond donors (Lipinski definition) is 4. The minimum absolute atomic E-state index is 0.177. The van der Waals surface area contributed by atoms with E-state index in [0.29, 0.717) is 5.82 Å². The maximum absolute atomic E-state index is 11.8. The highest BCUT2D eigenvalue weighted by atomic mass is 16.4. The van der Waals surface area contributed by atoms with Gasteiger partial charge in [0.2, 0.25) is 0 Å². The Morgan fingerprint density at radius 1 is 1.50 bits per heavy atom. The number of aromatic amines is 2. The van der Waals surface area contributed by atoms with Gasteiger partial charge in [0, 0.05) is 11.8 Å². The Hall–Kier alpha value is -2.64. The Bertz CT molecular complexity index is 586. The molecule has 0 bridgehead atoms. The average molecular weight is 249 g/mol. The van der Waals surface area contributed by atoms with E-state index in [0.717, 1.165) is 18.4 Å². The predicted octanol–water partition coefficient (Wildman–Crippen LogP) is 0.646. The number of aromatic carboxylic acids is 1. The average Bonchev–Trinajstić information content (AvgIpc) is 2.96. The van der Waals surface area contributed by atoms with E-state index in [1.165, 1.54) is 0 Å². The van der Waals surface area contributed by atoms with Crippen molar-refractivity contribution in [3.63, 3.8) is 0 Å². The van der Waals surface area contributed by atoms with E-state index in [2.05, 4.69) is 25.5 Å². The number of hydrogen-bond acceptors (Lipinski definition) is 4. The van der Waals surface area contributed by atoms with Crippen molar-refractivity contribution >= 4 is 17.7 Å². The third-order valence-electron chi connectivity index (χ3n) is 2.32. The van der Waals surface area contributed by atoms with Crippen LogP contribution in [0.3, 0.4) is 0 Å². The van der Waals surface area contributed by atoms with E-state index in [1.54, 1.807) is 6.07 Å². The van der Waals surface area contributed by atoms with Crippen LogP contribution in [-0.4, -0.2) is 37.1 Å². The lowest BCUT2D eigenvalue weighted by atomic mass is 10.3. The quantitative estimate of drug-likeness (QED) is 0.633. The van der Waals surface area contributed by atoms with E-state index in [1.807, 2.05) is 6.92 Å². The monoisotopic (exact) mass is 249 g/mol. The van der Waals surface area contributed by atoms with Gasteiger partial charge in [-0.1, -0.05) is 6.92 Å². The van der Waals surface area contributed by atoms with Crippen LogP contribution in [0.15, 0.2) is 12.4 Å². The van der Waals surface area contributed by atoms with Crippen LogP contribution in [-0.2, 0) is 6.42 Å². The zero-order valence-corrected chi connectivity index (χ0v) is 9.52. The number of carbonyl (C=O) groups excluding carboxylic acids is 1. The van der Waals surface area contributed by atoms with Crippen molar-refractivity contribution in [2.45, 2.75) is 13.3 Å². The van der Waals surface area contributed by atoms with Crippen LogP contribution in [0.1, 0.15) is 33.6 Å². The van der Waals surface area contributed by atoms with Gasteiger partial charge in [0.15, 0.2) is 17.2 Å². The molecule has 0 radical (unpaired) electrons. The SMILES string of the molecule is CCc1cc(NC(=O)c2nc[nH]c2C(=O)O)n[nH]1. The summed E-state index contributed by atoms with van der Waals surface area (Å²) in [5.41, 5.74) is 0.438. The van der Waals surface area contributed by atoms with Gasteiger partial charge in [-0.15, -0.1) is 0 Å². The van der Waals surface area contributed by atoms with Crippen molar-refractivity contribution in [2.24, 2.45) is 0 Å². The number of nitrogens with one attached hydrogen (secondary N) is 3. The van der Waals surface area contributed by atoms with E-state index in [-0.39, 0.29) is 11.4 Å². The summed E-state index contributed by atoms with van der Waals surface area (Å²) in [6, 6.07) is 1.67. The maximum Gasteiger partial charge on any atom is 0.354 e. The number of carboxylic acids is 1. The zero-order chi connectivity index (χ0) is 13.1. The van der Waals surface area contributed by atoms with Gasteiger partial charge in [-0.2, -0.15) is 5.10 Å². The smallest absolute Gasteiger partial charge is 0.354 e. The van der Waals surface area contributed by atoms with E-state index in [9.17, 15) is 9.59 Å². The van der Waals surface area contributed by atoms with Crippen LogP contribution in [0.5, 0.6) is 0 Å². The molecule has 0 unspecified atom stereocenters. The van der Waals surface area contributed by atoms with Gasteiger partial charge in [-0.3, -0.25) is 9.89 Å². The van der Waals surface area contributed by atoms with Crippen LogP contribution in [0.25, 0.3) is 0 Å². The Morgan fingerprint density at radius 3 is 2.89 bits per heavy atom. The fourth-order valence-corrected chi connectivity index (χ4v) is 1.41. The van der Waals surface area contributed by atoms with Crippen LogP contribution in [0, 0.1) is 0 Å². The molecule has 4 N–H and O–H groups in total. The number of carbonyl (C=O) groups is 2. The van der Waals surface area contributed by atoms with Crippen LogP contribution >= 0.6 is 0 Å². The largest absolute Gasteiger partial charge is 0.477 e. The van der Waals surface area contributed by atoms with Crippen molar-refractivity contribution < 1.29 is 14.7 Å². The highest BCUT2D eigenvalue weighted by molar-refractivity contribution is 6.08. The summed E-state index contributed by atoms with van der Waals surface area (Å²) in [7, 11) is 0. The number of carboxylic acid groups (broad SMARTS) is 1. The second-order valence-corrected chi connectivity index (χ2v) is 3.52. The predicted molar refractivity (Wildman–Crippen MR) is 61.5 cm³/mol. The van der Waals surface area contributed by atoms with E-state index in [4.69, 9.17) is 5.11 Å². The number of amides is 1. The molecular formula is C10H11N5O3. The molecule has 0 spiro atoms. The van der Waals surface area contributed by atoms with Crippen LogP contribution < -0.4 is 5.32 Å². The van der Waals surface area contributed by atoms with Crippen LogP contribution in [0.4, 0.5) is 5.82 Å². The summed E-state index contributed by atoms with van der Waals surface area (Å²) < 4.78 is 0. The first-order valence-corrected chi connectivity index (χ1v) is 5.24. The zero-order valence-electron chi connectivity index (χ0n) is 9.52. The minimum atomic E-state index is -1.24. The Labute approximate surface area is 101 Å². The molecule has 0 atom stereocenters. The number of aryl methyl sites for hydroxylation is 1. The number of rotatable bonds is 4. The molecule has 8 nitrogen and oxygen atoms in total. The molecule has 1 amide bonds. The molecule has 8 heteroatoms. The summed E-state index contributed by atoms with van der Waals surface area (Å²) in [6.07, 6.45) is 1.91. The summed E-state index contributed by atoms with van der Waals surface area (Å²) in [6.45, 7) is 1.94. The normalized spacial score (nSPS) is 10.3. The first kappa shape index (κ1) is 11.8. The lowest BCUT2D eigenvalue weighted by Crippen LogP contribution is -2.16. The van der Waals surface area contributed by atoms with Gasteiger partial charge in [-0.25, -0.2) is 9.78 Å². The standard InChI is InChI=1S/C10H11N5O3/c1-2-5-3-6(15-14-5)13-9(16)7-8(10(17)18)12-4-11-7/h3-4H,2H2,1H3,(H,11,12)(H,17,18)(H2,13,14,15,16). The number of anilines is 1. The highest BCUT2D eigenvalue weighted by Crippen LogP contribution is 2.09. The van der Waals surface area contributed by atoms with Gasteiger partial charge in [0.1, 0.15) is 0 Å². The van der Waals surface area contributed by atoms with Gasteiger partial charge in [0.25, 0.3) is 5.91 Å². The van der Waals surface area contributed by atoms with Gasteiger partial charge in [-0.05, 0) is 6.42 Å². The van der Waals surface area contributed by atoms with Crippen LogP contribution in [0.2, 0.25) is 0 Å². The first-order chi connectivity index (χ1) is 8.61. The second-order valence-electron chi connectivity index (χ2n) is 3.52. The lowest BCUT2D eigenvalue weighted by Gasteiger charge is -1.99. The molecule has 0 aromatic carbocycles. The molecule has 0 saturated heterocycles. The van der Waals surface area contributed by atoms with E-state index >= 15 is 0 Å². The fraction of sp³-hybridized carbons (Fsp3) is 0.200. The van der Waals surface area contributed by atoms with Crippen molar-refractivity contribution in [2.75, 3.05) is 5.32 Å². The maximum atomic E-state index is 11.8. The molecule has 0 saturated carbocycles. The minimum Gasteiger partial charge on any atom is -0.477 e. The number of nitrogens with zero attached hydrogens (tertiary/aromatic N) is 2. The third kappa shape index (κ3) is 2.21.